The summed E-state index contributed by atoms with van der Waals surface area (Å²) in [6, 6.07) is 8.28. The van der Waals surface area contributed by atoms with E-state index in [2.05, 4.69) is 31.3 Å². The first kappa shape index (κ1) is 22.6. The van der Waals surface area contributed by atoms with Crippen LogP contribution in [0.4, 0.5) is 0 Å². The number of piperidine rings is 1. The second-order valence-electron chi connectivity index (χ2n) is 9.44. The maximum absolute atomic E-state index is 13.5. The van der Waals surface area contributed by atoms with E-state index in [0.29, 0.717) is 32.0 Å². The minimum Gasteiger partial charge on any atom is -0.491 e. The van der Waals surface area contributed by atoms with E-state index in [1.54, 1.807) is 0 Å². The van der Waals surface area contributed by atoms with Crippen molar-refractivity contribution in [3.05, 3.63) is 29.8 Å². The fraction of sp³-hybridized carbons (Fsp3) is 0.680. The molecule has 5 nitrogen and oxygen atoms in total. The number of ether oxygens (including phenoxy) is 1. The zero-order valence-corrected chi connectivity index (χ0v) is 18.9. The Morgan fingerprint density at radius 3 is 2.63 bits per heavy atom. The molecule has 3 rings (SSSR count). The summed E-state index contributed by atoms with van der Waals surface area (Å²) < 4.78 is 6.19. The molecule has 0 bridgehead atoms. The summed E-state index contributed by atoms with van der Waals surface area (Å²) in [5.74, 6) is 1.78. The number of hydrogen-bond acceptors (Lipinski definition) is 3. The van der Waals surface area contributed by atoms with E-state index in [1.165, 1.54) is 5.56 Å². The average Bonchev–Trinajstić information content (AvgIpc) is 2.74. The molecular weight excluding hydrogens is 376 g/mol. The van der Waals surface area contributed by atoms with Gasteiger partial charge in [-0.05, 0) is 56.1 Å². The van der Waals surface area contributed by atoms with Crippen molar-refractivity contribution in [3.63, 3.8) is 0 Å². The van der Waals surface area contributed by atoms with Crippen molar-refractivity contribution in [1.29, 1.82) is 0 Å². The molecule has 2 heterocycles. The predicted molar refractivity (Wildman–Crippen MR) is 119 cm³/mol. The Bertz CT molecular complexity index is 723. The van der Waals surface area contributed by atoms with Crippen LogP contribution >= 0.6 is 0 Å². The monoisotopic (exact) mass is 414 g/mol. The van der Waals surface area contributed by atoms with Gasteiger partial charge < -0.3 is 15.0 Å². The summed E-state index contributed by atoms with van der Waals surface area (Å²) in [6.45, 7) is 8.14. The minimum absolute atomic E-state index is 0.00263. The Balaban J connectivity index is 1.78. The van der Waals surface area contributed by atoms with Gasteiger partial charge in [0.1, 0.15) is 12.4 Å². The van der Waals surface area contributed by atoms with Crippen LogP contribution in [0.25, 0.3) is 0 Å². The van der Waals surface area contributed by atoms with Crippen LogP contribution in [0.5, 0.6) is 5.75 Å². The van der Waals surface area contributed by atoms with Gasteiger partial charge in [0.05, 0.1) is 11.5 Å². The Hall–Kier alpha value is -2.04. The second-order valence-corrected chi connectivity index (χ2v) is 9.44. The first-order valence-corrected chi connectivity index (χ1v) is 11.7. The average molecular weight is 415 g/mol. The van der Waals surface area contributed by atoms with Crippen LogP contribution in [-0.4, -0.2) is 42.5 Å². The SMILES string of the molecule is CCC(=O)N1CCC2(CCCCc3ccccc3OC[C@H](CC(C)C)NC2=O)CC1. The second kappa shape index (κ2) is 10.3. The maximum Gasteiger partial charge on any atom is 0.226 e. The number of likely N-dealkylation sites (tertiary alicyclic amines) is 1. The number of benzene rings is 1. The van der Waals surface area contributed by atoms with Crippen LogP contribution in [0.15, 0.2) is 24.3 Å². The molecule has 2 aliphatic heterocycles. The molecule has 2 aliphatic rings. The maximum atomic E-state index is 13.5. The normalized spacial score (nSPS) is 22.5. The van der Waals surface area contributed by atoms with Gasteiger partial charge in [-0.1, -0.05) is 45.4 Å². The Kier molecular flexibility index (Phi) is 7.79. The largest absolute Gasteiger partial charge is 0.491 e. The van der Waals surface area contributed by atoms with Crippen molar-refractivity contribution >= 4 is 11.8 Å². The zero-order chi connectivity index (χ0) is 21.6. The number of nitrogens with zero attached hydrogens (tertiary/aromatic N) is 1. The molecule has 1 atom stereocenters. The summed E-state index contributed by atoms with van der Waals surface area (Å²) >= 11 is 0. The topological polar surface area (TPSA) is 58.6 Å². The third-order valence-electron chi connectivity index (χ3n) is 6.71. The molecule has 1 fully saturated rings. The van der Waals surface area contributed by atoms with Crippen LogP contribution in [0.2, 0.25) is 0 Å². The molecular formula is C25H38N2O3. The summed E-state index contributed by atoms with van der Waals surface area (Å²) in [4.78, 5) is 27.6. The third-order valence-corrected chi connectivity index (χ3v) is 6.71. The Morgan fingerprint density at radius 1 is 1.20 bits per heavy atom. The minimum atomic E-state index is -0.363. The molecule has 2 amide bonds. The Morgan fingerprint density at radius 2 is 1.93 bits per heavy atom. The fourth-order valence-electron chi connectivity index (χ4n) is 4.89. The van der Waals surface area contributed by atoms with Gasteiger partial charge in [0, 0.05) is 19.5 Å². The molecule has 30 heavy (non-hydrogen) atoms. The van der Waals surface area contributed by atoms with Gasteiger partial charge >= 0.3 is 0 Å². The van der Waals surface area contributed by atoms with Gasteiger partial charge in [-0.25, -0.2) is 0 Å². The highest BCUT2D eigenvalue weighted by molar-refractivity contribution is 5.83. The molecule has 0 radical (unpaired) electrons. The van der Waals surface area contributed by atoms with Gasteiger partial charge in [-0.3, -0.25) is 9.59 Å². The van der Waals surface area contributed by atoms with E-state index in [0.717, 1.165) is 50.7 Å². The number of fused-ring (bicyclic) bond motifs is 1. The van der Waals surface area contributed by atoms with Crippen LogP contribution in [-0.2, 0) is 16.0 Å². The van der Waals surface area contributed by atoms with Crippen molar-refractivity contribution in [1.82, 2.24) is 10.2 Å². The van der Waals surface area contributed by atoms with Gasteiger partial charge in [0.15, 0.2) is 0 Å². The van der Waals surface area contributed by atoms with E-state index < -0.39 is 0 Å². The van der Waals surface area contributed by atoms with Gasteiger partial charge in [-0.2, -0.15) is 0 Å². The standard InChI is InChI=1S/C25H38N2O3/c1-4-23(28)27-15-13-25(14-16-27)12-8-7-10-20-9-5-6-11-22(20)30-18-21(17-19(2)3)26-24(25)29/h5-6,9,11,19,21H,4,7-8,10,12-18H2,1-3H3,(H,26,29)/t21-/m0/s1. The molecule has 1 saturated heterocycles. The van der Waals surface area contributed by atoms with Crippen molar-refractivity contribution in [2.24, 2.45) is 11.3 Å². The lowest BCUT2D eigenvalue weighted by Gasteiger charge is -2.42. The third kappa shape index (κ3) is 5.55. The smallest absolute Gasteiger partial charge is 0.226 e. The molecule has 1 N–H and O–H groups in total. The number of aryl methyl sites for hydroxylation is 1. The highest BCUT2D eigenvalue weighted by Gasteiger charge is 2.42. The van der Waals surface area contributed by atoms with Crippen LogP contribution in [0.1, 0.15) is 71.3 Å². The highest BCUT2D eigenvalue weighted by Crippen LogP contribution is 2.38. The highest BCUT2D eigenvalue weighted by atomic mass is 16.5. The fourth-order valence-corrected chi connectivity index (χ4v) is 4.89. The molecule has 0 saturated carbocycles. The summed E-state index contributed by atoms with van der Waals surface area (Å²) in [7, 11) is 0. The van der Waals surface area contributed by atoms with Crippen LogP contribution in [0.3, 0.4) is 0 Å². The molecule has 5 heteroatoms. The predicted octanol–water partition coefficient (Wildman–Crippen LogP) is 4.34. The number of rotatable bonds is 3. The van der Waals surface area contributed by atoms with Crippen molar-refractivity contribution in [3.8, 4) is 5.75 Å². The number of carbonyl (C=O) groups is 2. The number of amides is 2. The van der Waals surface area contributed by atoms with Gasteiger partial charge in [-0.15, -0.1) is 0 Å². The number of nitrogens with one attached hydrogen (secondary N) is 1. The number of hydrogen-bond donors (Lipinski definition) is 1. The molecule has 0 aromatic heterocycles. The lowest BCUT2D eigenvalue weighted by molar-refractivity contribution is -0.141. The zero-order valence-electron chi connectivity index (χ0n) is 18.9. The molecule has 1 aromatic rings. The molecule has 0 aliphatic carbocycles. The van der Waals surface area contributed by atoms with E-state index >= 15 is 0 Å². The summed E-state index contributed by atoms with van der Waals surface area (Å²) in [5, 5.41) is 3.35. The first-order chi connectivity index (χ1) is 14.4. The van der Waals surface area contributed by atoms with Crippen molar-refractivity contribution in [2.45, 2.75) is 78.2 Å². The van der Waals surface area contributed by atoms with Crippen molar-refractivity contribution < 1.29 is 14.3 Å². The van der Waals surface area contributed by atoms with Gasteiger partial charge in [0.25, 0.3) is 0 Å². The van der Waals surface area contributed by atoms with Crippen LogP contribution < -0.4 is 10.1 Å². The van der Waals surface area contributed by atoms with Gasteiger partial charge in [0.2, 0.25) is 11.8 Å². The molecule has 1 aromatic carbocycles. The molecule has 1 spiro atoms. The lowest BCUT2D eigenvalue weighted by Crippen LogP contribution is -2.53. The summed E-state index contributed by atoms with van der Waals surface area (Å²) in [5.41, 5.74) is 0.892. The van der Waals surface area contributed by atoms with E-state index in [1.807, 2.05) is 24.0 Å². The first-order valence-electron chi connectivity index (χ1n) is 11.7. The quantitative estimate of drug-likeness (QED) is 0.800. The Labute approximate surface area is 181 Å². The van der Waals surface area contributed by atoms with E-state index in [-0.39, 0.29) is 23.3 Å². The molecule has 166 valence electrons. The summed E-state index contributed by atoms with van der Waals surface area (Å²) in [6.07, 6.45) is 6.87. The number of carbonyl (C=O) groups excluding carboxylic acids is 2. The van der Waals surface area contributed by atoms with E-state index in [4.69, 9.17) is 4.74 Å². The number of para-hydroxylation sites is 1. The van der Waals surface area contributed by atoms with E-state index in [9.17, 15) is 9.59 Å². The van der Waals surface area contributed by atoms with Crippen LogP contribution in [0, 0.1) is 11.3 Å². The lowest BCUT2D eigenvalue weighted by atomic mass is 9.73. The van der Waals surface area contributed by atoms with Crippen molar-refractivity contribution in [2.75, 3.05) is 19.7 Å². The molecule has 0 unspecified atom stereocenters.